The van der Waals surface area contributed by atoms with Gasteiger partial charge in [0.25, 0.3) is 5.91 Å². The van der Waals surface area contributed by atoms with Gasteiger partial charge in [-0.05, 0) is 43.9 Å². The van der Waals surface area contributed by atoms with Crippen LogP contribution >= 0.6 is 11.3 Å². The number of nitrogens with zero attached hydrogens (tertiary/aromatic N) is 2. The molecule has 0 bridgehead atoms. The van der Waals surface area contributed by atoms with Crippen molar-refractivity contribution in [3.63, 3.8) is 0 Å². The van der Waals surface area contributed by atoms with Crippen molar-refractivity contribution >= 4 is 32.4 Å². The van der Waals surface area contributed by atoms with Crippen molar-refractivity contribution in [2.24, 2.45) is 0 Å². The number of anilines is 1. The summed E-state index contributed by atoms with van der Waals surface area (Å²) in [6.07, 6.45) is 3.64. The highest BCUT2D eigenvalue weighted by Gasteiger charge is 2.28. The summed E-state index contributed by atoms with van der Waals surface area (Å²) in [5.74, 6) is -0.0687. The highest BCUT2D eigenvalue weighted by atomic mass is 32.2. The first kappa shape index (κ1) is 18.9. The lowest BCUT2D eigenvalue weighted by Gasteiger charge is -2.07. The maximum atomic E-state index is 12.5. The molecule has 140 valence electrons. The Morgan fingerprint density at radius 2 is 2.00 bits per heavy atom. The quantitative estimate of drug-likeness (QED) is 0.716. The van der Waals surface area contributed by atoms with Crippen LogP contribution in [0.4, 0.5) is 5.13 Å². The first-order valence-corrected chi connectivity index (χ1v) is 11.0. The summed E-state index contributed by atoms with van der Waals surface area (Å²) in [6.45, 7) is 4.19. The number of aromatic nitrogens is 2. The summed E-state index contributed by atoms with van der Waals surface area (Å²) in [5.41, 5.74) is 0.267. The largest absolute Gasteiger partial charge is 0.296 e. The molecule has 7 nitrogen and oxygen atoms in total. The zero-order valence-electron chi connectivity index (χ0n) is 14.7. The van der Waals surface area contributed by atoms with Gasteiger partial charge in [0, 0.05) is 17.5 Å². The molecule has 0 atom stereocenters. The van der Waals surface area contributed by atoms with E-state index in [1.165, 1.54) is 23.5 Å². The van der Waals surface area contributed by atoms with E-state index in [1.54, 1.807) is 12.1 Å². The molecule has 26 heavy (non-hydrogen) atoms. The number of nitrogens with one attached hydrogen (secondary N) is 2. The Bertz CT molecular complexity index is 887. The zero-order valence-corrected chi connectivity index (χ0v) is 16.4. The van der Waals surface area contributed by atoms with Gasteiger partial charge in [0.1, 0.15) is 5.01 Å². The van der Waals surface area contributed by atoms with Crippen molar-refractivity contribution in [2.45, 2.75) is 56.4 Å². The molecule has 2 aromatic rings. The molecule has 0 radical (unpaired) electrons. The number of amides is 1. The minimum absolute atomic E-state index is 0.0161. The third kappa shape index (κ3) is 4.46. The predicted molar refractivity (Wildman–Crippen MR) is 101 cm³/mol. The van der Waals surface area contributed by atoms with E-state index < -0.39 is 15.9 Å². The van der Waals surface area contributed by atoms with Crippen LogP contribution in [0.15, 0.2) is 29.2 Å². The van der Waals surface area contributed by atoms with E-state index in [9.17, 15) is 13.2 Å². The summed E-state index contributed by atoms with van der Waals surface area (Å²) in [6, 6.07) is 6.02. The summed E-state index contributed by atoms with van der Waals surface area (Å²) >= 11 is 1.35. The van der Waals surface area contributed by atoms with Crippen molar-refractivity contribution in [2.75, 3.05) is 5.32 Å². The second-order valence-electron chi connectivity index (χ2n) is 6.34. The standard InChI is InChI=1S/C17H22N4O3S2/c1-3-11(4-2)16-19-20-17(25-16)18-15(22)12-6-5-7-14(10-12)26(23,24)21-13-8-9-13/h5-7,10-11,13,21H,3-4,8-9H2,1-2H3,(H,18,20,22). The maximum absolute atomic E-state index is 12.5. The number of hydrogen-bond acceptors (Lipinski definition) is 6. The third-order valence-electron chi connectivity index (χ3n) is 4.30. The van der Waals surface area contributed by atoms with Gasteiger partial charge in [0.2, 0.25) is 15.2 Å². The highest BCUT2D eigenvalue weighted by Crippen LogP contribution is 2.28. The summed E-state index contributed by atoms with van der Waals surface area (Å²) in [7, 11) is -3.60. The van der Waals surface area contributed by atoms with Gasteiger partial charge in [-0.25, -0.2) is 13.1 Å². The van der Waals surface area contributed by atoms with Crippen molar-refractivity contribution in [3.05, 3.63) is 34.8 Å². The van der Waals surface area contributed by atoms with Crippen LogP contribution in [0.25, 0.3) is 0 Å². The second kappa shape index (κ2) is 7.81. The molecular weight excluding hydrogens is 372 g/mol. The van der Waals surface area contributed by atoms with E-state index in [1.807, 2.05) is 0 Å². The molecular formula is C17H22N4O3S2. The Balaban J connectivity index is 1.73. The molecule has 1 fully saturated rings. The lowest BCUT2D eigenvalue weighted by Crippen LogP contribution is -2.26. The van der Waals surface area contributed by atoms with E-state index >= 15 is 0 Å². The van der Waals surface area contributed by atoms with Gasteiger partial charge in [0.15, 0.2) is 0 Å². The SMILES string of the molecule is CCC(CC)c1nnc(NC(=O)c2cccc(S(=O)(=O)NC3CC3)c2)s1. The molecule has 0 spiro atoms. The monoisotopic (exact) mass is 394 g/mol. The smallest absolute Gasteiger partial charge is 0.257 e. The molecule has 2 N–H and O–H groups in total. The van der Waals surface area contributed by atoms with Crippen LogP contribution in [0.3, 0.4) is 0 Å². The van der Waals surface area contributed by atoms with Crippen LogP contribution in [-0.2, 0) is 10.0 Å². The van der Waals surface area contributed by atoms with Crippen LogP contribution in [0.1, 0.15) is 60.8 Å². The van der Waals surface area contributed by atoms with E-state index in [0.717, 1.165) is 30.7 Å². The fourth-order valence-corrected chi connectivity index (χ4v) is 4.91. The molecule has 9 heteroatoms. The number of hydrogen-bond donors (Lipinski definition) is 2. The highest BCUT2D eigenvalue weighted by molar-refractivity contribution is 7.89. The molecule has 1 aromatic carbocycles. The van der Waals surface area contributed by atoms with Crippen molar-refractivity contribution < 1.29 is 13.2 Å². The molecule has 3 rings (SSSR count). The van der Waals surface area contributed by atoms with Crippen LogP contribution in [-0.4, -0.2) is 30.6 Å². The molecule has 1 saturated carbocycles. The molecule has 1 aromatic heterocycles. The van der Waals surface area contributed by atoms with Gasteiger partial charge < -0.3 is 0 Å². The van der Waals surface area contributed by atoms with Crippen LogP contribution in [0.2, 0.25) is 0 Å². The maximum Gasteiger partial charge on any atom is 0.257 e. The van der Waals surface area contributed by atoms with E-state index in [2.05, 4.69) is 34.1 Å². The molecule has 1 heterocycles. The first-order chi connectivity index (χ1) is 12.4. The average molecular weight is 395 g/mol. The minimum Gasteiger partial charge on any atom is -0.296 e. The number of benzene rings is 1. The molecule has 0 saturated heterocycles. The number of sulfonamides is 1. The zero-order chi connectivity index (χ0) is 18.7. The summed E-state index contributed by atoms with van der Waals surface area (Å²) in [5, 5.41) is 12.2. The van der Waals surface area contributed by atoms with Crippen LogP contribution < -0.4 is 10.0 Å². The van der Waals surface area contributed by atoms with Gasteiger partial charge in [-0.3, -0.25) is 10.1 Å². The minimum atomic E-state index is -3.60. The predicted octanol–water partition coefficient (Wildman–Crippen LogP) is 3.13. The summed E-state index contributed by atoms with van der Waals surface area (Å²) in [4.78, 5) is 12.5. The van der Waals surface area contributed by atoms with Crippen LogP contribution in [0, 0.1) is 0 Å². The van der Waals surface area contributed by atoms with Crippen molar-refractivity contribution in [3.8, 4) is 0 Å². The summed E-state index contributed by atoms with van der Waals surface area (Å²) < 4.78 is 27.2. The van der Waals surface area contributed by atoms with Gasteiger partial charge in [0.05, 0.1) is 4.90 Å². The van der Waals surface area contributed by atoms with Crippen LogP contribution in [0.5, 0.6) is 0 Å². The molecule has 0 unspecified atom stereocenters. The number of rotatable bonds is 8. The normalized spacial score (nSPS) is 14.6. The Morgan fingerprint density at radius 1 is 1.27 bits per heavy atom. The Hall–Kier alpha value is -1.84. The fraction of sp³-hybridized carbons (Fsp3) is 0.471. The lowest BCUT2D eigenvalue weighted by atomic mass is 10.1. The Kier molecular flexibility index (Phi) is 5.69. The fourth-order valence-electron chi connectivity index (χ4n) is 2.55. The van der Waals surface area contributed by atoms with E-state index in [0.29, 0.717) is 11.0 Å². The van der Waals surface area contributed by atoms with Gasteiger partial charge in [-0.2, -0.15) is 0 Å². The average Bonchev–Trinajstić information content (AvgIpc) is 3.31. The lowest BCUT2D eigenvalue weighted by molar-refractivity contribution is 0.102. The van der Waals surface area contributed by atoms with E-state index in [-0.39, 0.29) is 16.5 Å². The molecule has 1 aliphatic rings. The first-order valence-electron chi connectivity index (χ1n) is 8.70. The van der Waals surface area contributed by atoms with E-state index in [4.69, 9.17) is 0 Å². The third-order valence-corrected chi connectivity index (χ3v) is 6.82. The second-order valence-corrected chi connectivity index (χ2v) is 9.06. The van der Waals surface area contributed by atoms with Gasteiger partial charge >= 0.3 is 0 Å². The Morgan fingerprint density at radius 3 is 2.65 bits per heavy atom. The number of carbonyl (C=O) groups excluding carboxylic acids is 1. The molecule has 1 amide bonds. The van der Waals surface area contributed by atoms with Gasteiger partial charge in [-0.15, -0.1) is 10.2 Å². The molecule has 1 aliphatic carbocycles. The number of carbonyl (C=O) groups is 1. The van der Waals surface area contributed by atoms with Crippen molar-refractivity contribution in [1.29, 1.82) is 0 Å². The topological polar surface area (TPSA) is 101 Å². The molecule has 0 aliphatic heterocycles. The van der Waals surface area contributed by atoms with Crippen molar-refractivity contribution in [1.82, 2.24) is 14.9 Å². The Labute approximate surface area is 157 Å². The van der Waals surface area contributed by atoms with Gasteiger partial charge in [-0.1, -0.05) is 31.3 Å².